The molecule has 3 rings (SSSR count). The highest BCUT2D eigenvalue weighted by Crippen LogP contribution is 2.52. The van der Waals surface area contributed by atoms with Crippen molar-refractivity contribution in [3.8, 4) is 0 Å². The highest BCUT2D eigenvalue weighted by molar-refractivity contribution is 5.93. The third kappa shape index (κ3) is 3.65. The number of hydrogen-bond acceptors (Lipinski definition) is 4. The maximum absolute atomic E-state index is 12.4. The lowest BCUT2D eigenvalue weighted by atomic mass is 9.62. The zero-order valence-electron chi connectivity index (χ0n) is 16.4. The first-order valence-corrected chi connectivity index (χ1v) is 9.64. The molecule has 0 N–H and O–H groups in total. The lowest BCUT2D eigenvalue weighted by molar-refractivity contribution is -0.144. The summed E-state index contributed by atoms with van der Waals surface area (Å²) in [7, 11) is 0. The Kier molecular flexibility index (Phi) is 5.14. The minimum Gasteiger partial charge on any atom is -0.458 e. The molecule has 0 saturated heterocycles. The molecule has 0 radical (unpaired) electrons. The van der Waals surface area contributed by atoms with Crippen LogP contribution in [0, 0.1) is 11.3 Å². The Balaban J connectivity index is 1.97. The number of carbonyl (C=O) groups is 2. The Bertz CT molecular complexity index is 695. The lowest BCUT2D eigenvalue weighted by Crippen LogP contribution is -2.34. The van der Waals surface area contributed by atoms with Gasteiger partial charge < -0.3 is 9.47 Å². The molecule has 3 unspecified atom stereocenters. The van der Waals surface area contributed by atoms with Gasteiger partial charge in [0, 0.05) is 25.3 Å². The lowest BCUT2D eigenvalue weighted by Gasteiger charge is -2.41. The first-order chi connectivity index (χ1) is 12.2. The van der Waals surface area contributed by atoms with Gasteiger partial charge in [0.05, 0.1) is 0 Å². The number of ether oxygens (including phenoxy) is 2. The fourth-order valence-corrected chi connectivity index (χ4v) is 4.94. The van der Waals surface area contributed by atoms with Crippen LogP contribution >= 0.6 is 0 Å². The van der Waals surface area contributed by atoms with Crippen LogP contribution in [-0.2, 0) is 19.1 Å². The van der Waals surface area contributed by atoms with E-state index >= 15 is 0 Å². The van der Waals surface area contributed by atoms with Crippen molar-refractivity contribution in [1.29, 1.82) is 0 Å². The highest BCUT2D eigenvalue weighted by atomic mass is 16.6. The summed E-state index contributed by atoms with van der Waals surface area (Å²) >= 11 is 0. The van der Waals surface area contributed by atoms with E-state index < -0.39 is 0 Å². The SMILES string of the molecule is C=C1CCC2CCC3=C(C(CC(C)=CC(OC(C)=O)C1)OC3=O)C2(C)C. The summed E-state index contributed by atoms with van der Waals surface area (Å²) in [4.78, 5) is 23.9. The van der Waals surface area contributed by atoms with E-state index in [0.29, 0.717) is 18.8 Å². The summed E-state index contributed by atoms with van der Waals surface area (Å²) in [5.74, 6) is 0.0836. The molecule has 26 heavy (non-hydrogen) atoms. The van der Waals surface area contributed by atoms with Gasteiger partial charge in [0.1, 0.15) is 12.2 Å². The van der Waals surface area contributed by atoms with Crippen molar-refractivity contribution in [2.45, 2.75) is 78.4 Å². The predicted molar refractivity (Wildman–Crippen MR) is 100 cm³/mol. The summed E-state index contributed by atoms with van der Waals surface area (Å²) in [6.45, 7) is 12.2. The van der Waals surface area contributed by atoms with Gasteiger partial charge in [0.25, 0.3) is 0 Å². The van der Waals surface area contributed by atoms with Gasteiger partial charge in [-0.25, -0.2) is 4.79 Å². The van der Waals surface area contributed by atoms with Gasteiger partial charge in [-0.15, -0.1) is 0 Å². The molecular formula is C22H30O4. The topological polar surface area (TPSA) is 52.6 Å². The number of fused-ring (bicyclic) bond motifs is 1. The molecule has 1 aliphatic heterocycles. The summed E-state index contributed by atoms with van der Waals surface area (Å²) in [5.41, 5.74) is 4.25. The third-order valence-electron chi connectivity index (χ3n) is 6.23. The Morgan fingerprint density at radius 2 is 1.96 bits per heavy atom. The first kappa shape index (κ1) is 18.9. The fourth-order valence-electron chi connectivity index (χ4n) is 4.94. The first-order valence-electron chi connectivity index (χ1n) is 9.64. The van der Waals surface area contributed by atoms with Crippen LogP contribution in [-0.4, -0.2) is 24.1 Å². The molecule has 3 atom stereocenters. The van der Waals surface area contributed by atoms with E-state index in [1.807, 2.05) is 13.0 Å². The molecule has 3 aliphatic rings. The van der Waals surface area contributed by atoms with Crippen LogP contribution in [0.25, 0.3) is 0 Å². The minimum atomic E-state index is -0.294. The standard InChI is InChI=1S/C22H30O4/c1-13-6-7-16-8-9-18-20(22(16,4)5)19(26-21(18)24)12-14(2)11-17(10-13)25-15(3)23/h11,16-17,19H,1,6-10,12H2,2-5H3. The molecular weight excluding hydrogens is 328 g/mol. The van der Waals surface area contributed by atoms with Crippen LogP contribution in [0.4, 0.5) is 0 Å². The van der Waals surface area contributed by atoms with Crippen molar-refractivity contribution in [2.24, 2.45) is 11.3 Å². The molecule has 0 amide bonds. The molecule has 142 valence electrons. The quantitative estimate of drug-likeness (QED) is 0.506. The zero-order chi connectivity index (χ0) is 19.1. The Morgan fingerprint density at radius 3 is 2.65 bits per heavy atom. The molecule has 0 spiro atoms. The minimum absolute atomic E-state index is 0.0422. The van der Waals surface area contributed by atoms with Crippen molar-refractivity contribution in [2.75, 3.05) is 0 Å². The van der Waals surface area contributed by atoms with E-state index in [4.69, 9.17) is 9.47 Å². The van der Waals surface area contributed by atoms with E-state index in [2.05, 4.69) is 20.4 Å². The molecule has 4 heteroatoms. The van der Waals surface area contributed by atoms with Crippen molar-refractivity contribution in [3.05, 3.63) is 34.9 Å². The van der Waals surface area contributed by atoms with Gasteiger partial charge in [-0.2, -0.15) is 0 Å². The number of carbonyl (C=O) groups excluding carboxylic acids is 2. The van der Waals surface area contributed by atoms with Crippen LogP contribution in [0.5, 0.6) is 0 Å². The van der Waals surface area contributed by atoms with Gasteiger partial charge in [-0.1, -0.05) is 31.6 Å². The third-order valence-corrected chi connectivity index (χ3v) is 6.23. The number of hydrogen-bond donors (Lipinski definition) is 0. The van der Waals surface area contributed by atoms with Crippen molar-refractivity contribution in [3.63, 3.8) is 0 Å². The van der Waals surface area contributed by atoms with Crippen molar-refractivity contribution < 1.29 is 19.1 Å². The molecule has 1 heterocycles. The predicted octanol–water partition coefficient (Wildman–Crippen LogP) is 4.65. The molecule has 0 fully saturated rings. The molecule has 2 aliphatic carbocycles. The second-order valence-corrected chi connectivity index (χ2v) is 8.60. The summed E-state index contributed by atoms with van der Waals surface area (Å²) in [6.07, 6.45) is 6.62. The van der Waals surface area contributed by atoms with E-state index in [1.165, 1.54) is 12.5 Å². The van der Waals surface area contributed by atoms with E-state index in [-0.39, 0.29) is 29.6 Å². The summed E-state index contributed by atoms with van der Waals surface area (Å²) in [6, 6.07) is 0. The van der Waals surface area contributed by atoms with E-state index in [0.717, 1.165) is 42.4 Å². The zero-order valence-corrected chi connectivity index (χ0v) is 16.4. The van der Waals surface area contributed by atoms with Crippen molar-refractivity contribution >= 4 is 11.9 Å². The van der Waals surface area contributed by atoms with Crippen LogP contribution in [0.15, 0.2) is 34.9 Å². The van der Waals surface area contributed by atoms with Crippen molar-refractivity contribution in [1.82, 2.24) is 0 Å². The normalized spacial score (nSPS) is 31.5. The molecule has 4 nitrogen and oxygen atoms in total. The molecule has 0 saturated carbocycles. The Hall–Kier alpha value is -1.84. The Labute approximate surface area is 156 Å². The highest BCUT2D eigenvalue weighted by Gasteiger charge is 2.48. The largest absolute Gasteiger partial charge is 0.458 e. The van der Waals surface area contributed by atoms with Gasteiger partial charge in [0.2, 0.25) is 0 Å². The Morgan fingerprint density at radius 1 is 1.27 bits per heavy atom. The smallest absolute Gasteiger partial charge is 0.334 e. The maximum atomic E-state index is 12.4. The summed E-state index contributed by atoms with van der Waals surface area (Å²) in [5, 5.41) is 0. The average Bonchev–Trinajstić information content (AvgIpc) is 2.81. The number of rotatable bonds is 1. The monoisotopic (exact) mass is 358 g/mol. The van der Waals surface area contributed by atoms with Gasteiger partial charge in [0.15, 0.2) is 0 Å². The van der Waals surface area contributed by atoms with E-state index in [1.54, 1.807) is 0 Å². The second kappa shape index (κ2) is 7.05. The second-order valence-electron chi connectivity index (χ2n) is 8.60. The molecule has 0 aromatic heterocycles. The number of esters is 2. The molecule has 0 aromatic carbocycles. The van der Waals surface area contributed by atoms with Crippen LogP contribution in [0.3, 0.4) is 0 Å². The van der Waals surface area contributed by atoms with Crippen LogP contribution in [0.2, 0.25) is 0 Å². The van der Waals surface area contributed by atoms with Gasteiger partial charge >= 0.3 is 11.9 Å². The molecule has 2 bridgehead atoms. The van der Waals surface area contributed by atoms with Crippen LogP contribution in [0.1, 0.15) is 66.2 Å². The van der Waals surface area contributed by atoms with Crippen LogP contribution < -0.4 is 0 Å². The van der Waals surface area contributed by atoms with Gasteiger partial charge in [-0.05, 0) is 55.6 Å². The molecule has 0 aromatic rings. The van der Waals surface area contributed by atoms with E-state index in [9.17, 15) is 9.59 Å². The maximum Gasteiger partial charge on any atom is 0.334 e. The summed E-state index contributed by atoms with van der Waals surface area (Å²) < 4.78 is 11.2. The average molecular weight is 358 g/mol. The van der Waals surface area contributed by atoms with Gasteiger partial charge in [-0.3, -0.25) is 4.79 Å². The fraction of sp³-hybridized carbons (Fsp3) is 0.636.